The van der Waals surface area contributed by atoms with Crippen molar-refractivity contribution in [3.8, 4) is 0 Å². The summed E-state index contributed by atoms with van der Waals surface area (Å²) in [6.45, 7) is 0.662. The van der Waals surface area contributed by atoms with Crippen LogP contribution in [0.15, 0.2) is 24.4 Å². The van der Waals surface area contributed by atoms with Gasteiger partial charge in [0.05, 0.1) is 24.8 Å². The van der Waals surface area contributed by atoms with E-state index in [4.69, 9.17) is 9.84 Å². The lowest BCUT2D eigenvalue weighted by molar-refractivity contribution is -0.146. The molecule has 1 aromatic heterocycles. The summed E-state index contributed by atoms with van der Waals surface area (Å²) < 4.78 is 4.92. The molecule has 0 radical (unpaired) electrons. The molecule has 2 rings (SSSR count). The van der Waals surface area contributed by atoms with Gasteiger partial charge in [0.15, 0.2) is 0 Å². The number of nitrogens with zero attached hydrogens (tertiary/aromatic N) is 3. The molecule has 130 valence electrons. The van der Waals surface area contributed by atoms with Crippen LogP contribution in [0.1, 0.15) is 12.1 Å². The molecular weight excluding hydrogens is 314 g/mol. The van der Waals surface area contributed by atoms with Crippen LogP contribution in [0.25, 0.3) is 0 Å². The molecule has 1 fully saturated rings. The lowest BCUT2D eigenvalue weighted by Gasteiger charge is -2.23. The highest BCUT2D eigenvalue weighted by Crippen LogP contribution is 2.21. The maximum Gasteiger partial charge on any atom is 0.323 e. The molecule has 0 spiro atoms. The first-order chi connectivity index (χ1) is 11.5. The fourth-order valence-electron chi connectivity index (χ4n) is 2.67. The summed E-state index contributed by atoms with van der Waals surface area (Å²) in [4.78, 5) is 42.6. The van der Waals surface area contributed by atoms with Gasteiger partial charge in [-0.1, -0.05) is 6.07 Å². The maximum absolute atomic E-state index is 12.5. The van der Waals surface area contributed by atoms with Crippen molar-refractivity contribution < 1.29 is 24.2 Å². The highest BCUT2D eigenvalue weighted by Gasteiger charge is 2.36. The highest BCUT2D eigenvalue weighted by molar-refractivity contribution is 5.90. The molecule has 8 heteroatoms. The fourth-order valence-corrected chi connectivity index (χ4v) is 2.67. The highest BCUT2D eigenvalue weighted by atomic mass is 16.5. The Morgan fingerprint density at radius 3 is 2.88 bits per heavy atom. The predicted molar refractivity (Wildman–Crippen MR) is 83.9 cm³/mol. The molecule has 0 aromatic carbocycles. The van der Waals surface area contributed by atoms with E-state index >= 15 is 0 Å². The molecule has 1 N–H and O–H groups in total. The van der Waals surface area contributed by atoms with Gasteiger partial charge in [-0.15, -0.1) is 0 Å². The summed E-state index contributed by atoms with van der Waals surface area (Å²) in [5, 5.41) is 8.95. The number of aromatic nitrogens is 1. The SMILES string of the molecule is COCCN(CC(=O)O)C(=O)C1CC(=O)N(Cc2ccccn2)C1. The van der Waals surface area contributed by atoms with E-state index in [0.29, 0.717) is 6.54 Å². The van der Waals surface area contributed by atoms with Crippen LogP contribution in [0.3, 0.4) is 0 Å². The molecule has 0 saturated carbocycles. The third-order valence-corrected chi connectivity index (χ3v) is 3.85. The number of hydrogen-bond donors (Lipinski definition) is 1. The van der Waals surface area contributed by atoms with E-state index < -0.39 is 18.4 Å². The Balaban J connectivity index is 1.99. The molecule has 1 unspecified atom stereocenters. The third kappa shape index (κ3) is 4.76. The average Bonchev–Trinajstić information content (AvgIpc) is 2.92. The van der Waals surface area contributed by atoms with Gasteiger partial charge in [-0.3, -0.25) is 19.4 Å². The molecule has 1 aromatic rings. The van der Waals surface area contributed by atoms with Crippen LogP contribution in [0.2, 0.25) is 0 Å². The van der Waals surface area contributed by atoms with Crippen molar-refractivity contribution in [3.63, 3.8) is 0 Å². The molecule has 0 aliphatic carbocycles. The second-order valence-corrected chi connectivity index (χ2v) is 5.64. The van der Waals surface area contributed by atoms with Crippen LogP contribution in [-0.4, -0.2) is 71.0 Å². The first kappa shape index (κ1) is 17.9. The Hall–Kier alpha value is -2.48. The van der Waals surface area contributed by atoms with Crippen molar-refractivity contribution in [1.82, 2.24) is 14.8 Å². The van der Waals surface area contributed by atoms with Gasteiger partial charge in [0.25, 0.3) is 0 Å². The van der Waals surface area contributed by atoms with Gasteiger partial charge in [-0.2, -0.15) is 0 Å². The van der Waals surface area contributed by atoms with Crippen molar-refractivity contribution in [2.75, 3.05) is 33.4 Å². The number of ether oxygens (including phenoxy) is 1. The van der Waals surface area contributed by atoms with Crippen LogP contribution >= 0.6 is 0 Å². The second-order valence-electron chi connectivity index (χ2n) is 5.64. The number of carboxylic acids is 1. The lowest BCUT2D eigenvalue weighted by Crippen LogP contribution is -2.42. The molecule has 2 amide bonds. The average molecular weight is 335 g/mol. The van der Waals surface area contributed by atoms with E-state index in [1.165, 1.54) is 12.0 Å². The number of aliphatic carboxylic acids is 1. The standard InChI is InChI=1S/C16H21N3O5/c1-24-7-6-18(11-15(21)22)16(23)12-8-14(20)19(9-12)10-13-4-2-3-5-17-13/h2-5,12H,6-11H2,1H3,(H,21,22). The van der Waals surface area contributed by atoms with Crippen LogP contribution in [0.4, 0.5) is 0 Å². The van der Waals surface area contributed by atoms with Crippen molar-refractivity contribution in [2.24, 2.45) is 5.92 Å². The summed E-state index contributed by atoms with van der Waals surface area (Å²) in [5.74, 6) is -2.07. The number of hydrogen-bond acceptors (Lipinski definition) is 5. The number of likely N-dealkylation sites (tertiary alicyclic amines) is 1. The Bertz CT molecular complexity index is 593. The van der Waals surface area contributed by atoms with E-state index in [-0.39, 0.29) is 37.9 Å². The van der Waals surface area contributed by atoms with Crippen LogP contribution in [0, 0.1) is 5.92 Å². The molecule has 1 aliphatic heterocycles. The van der Waals surface area contributed by atoms with Crippen molar-refractivity contribution in [3.05, 3.63) is 30.1 Å². The van der Waals surface area contributed by atoms with Crippen molar-refractivity contribution in [2.45, 2.75) is 13.0 Å². The Labute approximate surface area is 140 Å². The zero-order valence-corrected chi connectivity index (χ0v) is 13.6. The van der Waals surface area contributed by atoms with E-state index in [2.05, 4.69) is 4.98 Å². The number of methoxy groups -OCH3 is 1. The maximum atomic E-state index is 12.5. The van der Waals surface area contributed by atoms with Gasteiger partial charge in [-0.25, -0.2) is 0 Å². The first-order valence-corrected chi connectivity index (χ1v) is 7.68. The summed E-state index contributed by atoms with van der Waals surface area (Å²) in [6, 6.07) is 5.45. The lowest BCUT2D eigenvalue weighted by atomic mass is 10.1. The molecule has 24 heavy (non-hydrogen) atoms. The minimum absolute atomic E-state index is 0.0920. The summed E-state index contributed by atoms with van der Waals surface area (Å²) in [7, 11) is 1.48. The minimum atomic E-state index is -1.09. The summed E-state index contributed by atoms with van der Waals surface area (Å²) in [6.07, 6.45) is 1.74. The molecular formula is C16H21N3O5. The fraction of sp³-hybridized carbons (Fsp3) is 0.500. The van der Waals surface area contributed by atoms with Gasteiger partial charge in [0, 0.05) is 32.8 Å². The Morgan fingerprint density at radius 2 is 2.25 bits per heavy atom. The van der Waals surface area contributed by atoms with Crippen LogP contribution in [-0.2, 0) is 25.7 Å². The van der Waals surface area contributed by atoms with E-state index in [1.807, 2.05) is 12.1 Å². The van der Waals surface area contributed by atoms with Crippen LogP contribution < -0.4 is 0 Å². The van der Waals surface area contributed by atoms with Crippen molar-refractivity contribution in [1.29, 1.82) is 0 Å². The van der Waals surface area contributed by atoms with Gasteiger partial charge in [0.2, 0.25) is 11.8 Å². The molecule has 2 heterocycles. The van der Waals surface area contributed by atoms with E-state index in [1.54, 1.807) is 17.2 Å². The first-order valence-electron chi connectivity index (χ1n) is 7.68. The Morgan fingerprint density at radius 1 is 1.46 bits per heavy atom. The molecule has 1 saturated heterocycles. The summed E-state index contributed by atoms with van der Waals surface area (Å²) >= 11 is 0. The smallest absolute Gasteiger partial charge is 0.323 e. The topological polar surface area (TPSA) is 100 Å². The zero-order valence-electron chi connectivity index (χ0n) is 13.6. The van der Waals surface area contributed by atoms with Gasteiger partial charge in [0.1, 0.15) is 6.54 Å². The Kier molecular flexibility index (Phi) is 6.25. The number of amides is 2. The van der Waals surface area contributed by atoms with E-state index in [0.717, 1.165) is 5.69 Å². The number of carbonyl (C=O) groups is 3. The number of carboxylic acid groups (broad SMARTS) is 1. The zero-order chi connectivity index (χ0) is 17.5. The second kappa shape index (κ2) is 8.39. The van der Waals surface area contributed by atoms with Gasteiger partial charge in [-0.05, 0) is 12.1 Å². The number of rotatable bonds is 8. The van der Waals surface area contributed by atoms with Crippen molar-refractivity contribution >= 4 is 17.8 Å². The third-order valence-electron chi connectivity index (χ3n) is 3.85. The predicted octanol–water partition coefficient (Wildman–Crippen LogP) is -0.0103. The molecule has 1 atom stereocenters. The van der Waals surface area contributed by atoms with Gasteiger partial charge < -0.3 is 19.6 Å². The number of pyridine rings is 1. The quantitative estimate of drug-likeness (QED) is 0.717. The molecule has 8 nitrogen and oxygen atoms in total. The monoisotopic (exact) mass is 335 g/mol. The normalized spacial score (nSPS) is 17.1. The summed E-state index contributed by atoms with van der Waals surface area (Å²) in [5.41, 5.74) is 0.751. The molecule has 0 bridgehead atoms. The van der Waals surface area contributed by atoms with E-state index in [9.17, 15) is 14.4 Å². The number of carbonyl (C=O) groups excluding carboxylic acids is 2. The minimum Gasteiger partial charge on any atom is -0.480 e. The van der Waals surface area contributed by atoms with Gasteiger partial charge >= 0.3 is 5.97 Å². The largest absolute Gasteiger partial charge is 0.480 e. The van der Waals surface area contributed by atoms with Crippen LogP contribution in [0.5, 0.6) is 0 Å². The molecule has 1 aliphatic rings.